The number of carbonyl (C=O) groups excluding carboxylic acids is 1. The number of alkyl halides is 1. The second kappa shape index (κ2) is 5.61. The summed E-state index contributed by atoms with van der Waals surface area (Å²) in [6.07, 6.45) is 3.44. The van der Waals surface area contributed by atoms with Gasteiger partial charge >= 0.3 is 0 Å². The Morgan fingerprint density at radius 3 is 2.79 bits per heavy atom. The summed E-state index contributed by atoms with van der Waals surface area (Å²) >= 11 is 6.60. The van der Waals surface area contributed by atoms with Crippen molar-refractivity contribution in [1.82, 2.24) is 4.98 Å². The third-order valence-corrected chi connectivity index (χ3v) is 3.18. The van der Waals surface area contributed by atoms with E-state index in [1.165, 1.54) is 0 Å². The van der Waals surface area contributed by atoms with Gasteiger partial charge in [0.2, 0.25) is 0 Å². The minimum absolute atomic E-state index is 0.0875. The molecular formula is C10H11Br2NO. The molecule has 0 aliphatic rings. The van der Waals surface area contributed by atoms with E-state index < -0.39 is 0 Å². The summed E-state index contributed by atoms with van der Waals surface area (Å²) in [6.45, 7) is 2.06. The Labute approximate surface area is 100 Å². The lowest BCUT2D eigenvalue weighted by molar-refractivity contribution is 0.0988. The summed E-state index contributed by atoms with van der Waals surface area (Å²) in [5.41, 5.74) is 0.656. The number of Topliss-reactive ketones (excluding diaryl/α,β-unsaturated/α-hetero) is 1. The maximum absolute atomic E-state index is 11.7. The molecule has 0 saturated carbocycles. The standard InChI is InChI=1S/C10H11Br2NO/c1-2-3-8(11)10(14)7-4-5-9(12)13-6-7/h4-6,8H,2-3H2,1H3. The van der Waals surface area contributed by atoms with E-state index in [0.717, 1.165) is 17.4 Å². The average molecular weight is 321 g/mol. The quantitative estimate of drug-likeness (QED) is 0.482. The monoisotopic (exact) mass is 319 g/mol. The van der Waals surface area contributed by atoms with Crippen molar-refractivity contribution < 1.29 is 4.79 Å². The normalized spacial score (nSPS) is 12.5. The van der Waals surface area contributed by atoms with Crippen molar-refractivity contribution in [2.75, 3.05) is 0 Å². The Balaban J connectivity index is 2.74. The van der Waals surface area contributed by atoms with Crippen molar-refractivity contribution in [1.29, 1.82) is 0 Å². The van der Waals surface area contributed by atoms with Crippen LogP contribution in [-0.2, 0) is 0 Å². The first kappa shape index (κ1) is 11.9. The van der Waals surface area contributed by atoms with Crippen LogP contribution in [0.3, 0.4) is 0 Å². The first-order valence-electron chi connectivity index (χ1n) is 4.45. The lowest BCUT2D eigenvalue weighted by Gasteiger charge is -2.06. The number of rotatable bonds is 4. The van der Waals surface area contributed by atoms with Crippen LogP contribution in [0.1, 0.15) is 30.1 Å². The van der Waals surface area contributed by atoms with Gasteiger partial charge < -0.3 is 0 Å². The zero-order chi connectivity index (χ0) is 10.6. The van der Waals surface area contributed by atoms with E-state index in [2.05, 4.69) is 43.8 Å². The highest BCUT2D eigenvalue weighted by Crippen LogP contribution is 2.15. The van der Waals surface area contributed by atoms with Crippen LogP contribution in [0.15, 0.2) is 22.9 Å². The maximum Gasteiger partial charge on any atom is 0.177 e. The van der Waals surface area contributed by atoms with Gasteiger partial charge in [0.25, 0.3) is 0 Å². The zero-order valence-corrected chi connectivity index (χ0v) is 11.0. The van der Waals surface area contributed by atoms with Gasteiger partial charge in [0.1, 0.15) is 4.60 Å². The van der Waals surface area contributed by atoms with E-state index in [9.17, 15) is 4.79 Å². The molecule has 1 aromatic rings. The van der Waals surface area contributed by atoms with Crippen LogP contribution < -0.4 is 0 Å². The van der Waals surface area contributed by atoms with Gasteiger partial charge in [-0.25, -0.2) is 4.98 Å². The number of hydrogen-bond donors (Lipinski definition) is 0. The van der Waals surface area contributed by atoms with E-state index in [0.29, 0.717) is 5.56 Å². The highest BCUT2D eigenvalue weighted by Gasteiger charge is 2.15. The van der Waals surface area contributed by atoms with Gasteiger partial charge in [-0.05, 0) is 34.5 Å². The molecule has 0 spiro atoms. The molecule has 76 valence electrons. The van der Waals surface area contributed by atoms with E-state index >= 15 is 0 Å². The van der Waals surface area contributed by atoms with Gasteiger partial charge in [-0.15, -0.1) is 0 Å². The second-order valence-electron chi connectivity index (χ2n) is 2.99. The summed E-state index contributed by atoms with van der Waals surface area (Å²) in [4.78, 5) is 15.7. The first-order valence-corrected chi connectivity index (χ1v) is 6.16. The number of nitrogens with zero attached hydrogens (tertiary/aromatic N) is 1. The molecule has 0 aliphatic carbocycles. The second-order valence-corrected chi connectivity index (χ2v) is 4.91. The smallest absolute Gasteiger partial charge is 0.177 e. The summed E-state index contributed by atoms with van der Waals surface area (Å²) in [5, 5.41) is 0. The number of carbonyl (C=O) groups is 1. The molecule has 0 radical (unpaired) electrons. The van der Waals surface area contributed by atoms with Crippen molar-refractivity contribution in [3.05, 3.63) is 28.5 Å². The fourth-order valence-electron chi connectivity index (χ4n) is 1.09. The molecule has 1 unspecified atom stereocenters. The van der Waals surface area contributed by atoms with Crippen molar-refractivity contribution in [2.45, 2.75) is 24.6 Å². The molecule has 4 heteroatoms. The van der Waals surface area contributed by atoms with Gasteiger partial charge in [-0.1, -0.05) is 29.3 Å². The molecule has 1 rings (SSSR count). The van der Waals surface area contributed by atoms with Crippen LogP contribution in [0.4, 0.5) is 0 Å². The molecule has 1 aromatic heterocycles. The van der Waals surface area contributed by atoms with E-state index in [4.69, 9.17) is 0 Å². The fraction of sp³-hybridized carbons (Fsp3) is 0.400. The Morgan fingerprint density at radius 1 is 1.57 bits per heavy atom. The molecular weight excluding hydrogens is 310 g/mol. The molecule has 0 amide bonds. The fourth-order valence-corrected chi connectivity index (χ4v) is 2.04. The third kappa shape index (κ3) is 3.17. The maximum atomic E-state index is 11.7. The predicted molar refractivity (Wildman–Crippen MR) is 63.9 cm³/mol. The first-order chi connectivity index (χ1) is 6.65. The van der Waals surface area contributed by atoms with Crippen LogP contribution in [0.5, 0.6) is 0 Å². The topological polar surface area (TPSA) is 30.0 Å². The molecule has 1 atom stereocenters. The average Bonchev–Trinajstić information content (AvgIpc) is 2.18. The van der Waals surface area contributed by atoms with Crippen LogP contribution in [0.2, 0.25) is 0 Å². The molecule has 14 heavy (non-hydrogen) atoms. The molecule has 2 nitrogen and oxygen atoms in total. The number of pyridine rings is 1. The van der Waals surface area contributed by atoms with Gasteiger partial charge in [-0.3, -0.25) is 4.79 Å². The Kier molecular flexibility index (Phi) is 4.75. The number of halogens is 2. The molecule has 0 aliphatic heterocycles. The van der Waals surface area contributed by atoms with E-state index in [1.54, 1.807) is 18.3 Å². The van der Waals surface area contributed by atoms with Crippen LogP contribution in [-0.4, -0.2) is 15.6 Å². The van der Waals surface area contributed by atoms with Gasteiger partial charge in [0, 0.05) is 11.8 Å². The summed E-state index contributed by atoms with van der Waals surface area (Å²) in [6, 6.07) is 3.56. The van der Waals surface area contributed by atoms with Gasteiger partial charge in [-0.2, -0.15) is 0 Å². The largest absolute Gasteiger partial charge is 0.293 e. The van der Waals surface area contributed by atoms with Crippen LogP contribution in [0, 0.1) is 0 Å². The molecule has 0 N–H and O–H groups in total. The van der Waals surface area contributed by atoms with Crippen molar-refractivity contribution in [2.24, 2.45) is 0 Å². The van der Waals surface area contributed by atoms with Crippen molar-refractivity contribution >= 4 is 37.6 Å². The lowest BCUT2D eigenvalue weighted by atomic mass is 10.1. The predicted octanol–water partition coefficient (Wildman–Crippen LogP) is 3.59. The van der Waals surface area contributed by atoms with Crippen molar-refractivity contribution in [3.63, 3.8) is 0 Å². The highest BCUT2D eigenvalue weighted by molar-refractivity contribution is 9.10. The Bertz CT molecular complexity index is 310. The Hall–Kier alpha value is -0.220. The summed E-state index contributed by atoms with van der Waals surface area (Å²) in [7, 11) is 0. The lowest BCUT2D eigenvalue weighted by Crippen LogP contribution is -2.13. The van der Waals surface area contributed by atoms with Crippen LogP contribution in [0.25, 0.3) is 0 Å². The minimum Gasteiger partial charge on any atom is -0.293 e. The summed E-state index contributed by atoms with van der Waals surface area (Å²) < 4.78 is 0.746. The zero-order valence-electron chi connectivity index (χ0n) is 7.84. The molecule has 0 aromatic carbocycles. The van der Waals surface area contributed by atoms with Gasteiger partial charge in [0.05, 0.1) is 4.83 Å². The Morgan fingerprint density at radius 2 is 2.29 bits per heavy atom. The van der Waals surface area contributed by atoms with E-state index in [1.807, 2.05) is 0 Å². The van der Waals surface area contributed by atoms with Gasteiger partial charge in [0.15, 0.2) is 5.78 Å². The molecule has 1 heterocycles. The number of hydrogen-bond acceptors (Lipinski definition) is 2. The van der Waals surface area contributed by atoms with E-state index in [-0.39, 0.29) is 10.6 Å². The third-order valence-electron chi connectivity index (χ3n) is 1.84. The molecule has 0 saturated heterocycles. The minimum atomic E-state index is -0.0875. The summed E-state index contributed by atoms with van der Waals surface area (Å²) in [5.74, 6) is 0.104. The number of aromatic nitrogens is 1. The highest BCUT2D eigenvalue weighted by atomic mass is 79.9. The SMILES string of the molecule is CCCC(Br)C(=O)c1ccc(Br)nc1. The number of ketones is 1. The molecule has 0 fully saturated rings. The van der Waals surface area contributed by atoms with Crippen molar-refractivity contribution in [3.8, 4) is 0 Å². The molecule has 0 bridgehead atoms. The van der Waals surface area contributed by atoms with Crippen LogP contribution >= 0.6 is 31.9 Å².